The number of rotatable bonds is 8. The maximum Gasteiger partial charge on any atom is 0.0541 e. The van der Waals surface area contributed by atoms with Gasteiger partial charge in [0, 0.05) is 33.5 Å². The number of nitrogens with zero attached hydrogens (tertiary/aromatic N) is 2. The van der Waals surface area contributed by atoms with Crippen molar-refractivity contribution in [2.24, 2.45) is 0 Å². The van der Waals surface area contributed by atoms with Crippen molar-refractivity contribution in [2.75, 3.05) is 4.90 Å². The first-order chi connectivity index (χ1) is 31.7. The molecule has 0 spiro atoms. The summed E-state index contributed by atoms with van der Waals surface area (Å²) < 4.78 is 2.38. The third-order valence-electron chi connectivity index (χ3n) is 12.8. The molecule has 64 heavy (non-hydrogen) atoms. The number of fused-ring (bicyclic) bond motifs is 5. The first-order valence-electron chi connectivity index (χ1n) is 22.0. The summed E-state index contributed by atoms with van der Waals surface area (Å²) in [6, 6.07) is 92.7. The second-order valence-electron chi connectivity index (χ2n) is 16.6. The van der Waals surface area contributed by atoms with Crippen LogP contribution in [-0.4, -0.2) is 4.57 Å². The molecule has 0 amide bonds. The summed E-state index contributed by atoms with van der Waals surface area (Å²) >= 11 is 0. The van der Waals surface area contributed by atoms with E-state index in [1.54, 1.807) is 0 Å². The third-order valence-corrected chi connectivity index (χ3v) is 12.8. The van der Waals surface area contributed by atoms with Gasteiger partial charge in [0.2, 0.25) is 0 Å². The van der Waals surface area contributed by atoms with Crippen LogP contribution in [0.5, 0.6) is 0 Å². The van der Waals surface area contributed by atoms with Crippen LogP contribution in [-0.2, 0) is 0 Å². The molecule has 0 aliphatic rings. The summed E-state index contributed by atoms with van der Waals surface area (Å²) in [6.07, 6.45) is 0. The van der Waals surface area contributed by atoms with Crippen LogP contribution in [0.4, 0.5) is 17.1 Å². The standard InChI is InChI=1S/C62H42N2/c1-2-14-49-40-52(31-28-43(49)12-1)51-17-10-18-55(42-51)63(53-36-32-45(33-37-53)44-26-29-48(30-27-44)58-23-11-15-47-13-3-4-20-57(47)58)54-38-34-46(35-39-54)50-16-9-19-56(41-50)64-61-24-7-5-21-59(61)60-22-6-8-25-62(60)64/h1-42H. The van der Waals surface area contributed by atoms with Crippen molar-refractivity contribution in [3.05, 3.63) is 255 Å². The molecule has 300 valence electrons. The molecule has 0 aliphatic carbocycles. The van der Waals surface area contributed by atoms with Gasteiger partial charge >= 0.3 is 0 Å². The van der Waals surface area contributed by atoms with Crippen molar-refractivity contribution in [1.82, 2.24) is 4.57 Å². The molecular formula is C62H42N2. The average Bonchev–Trinajstić information content (AvgIpc) is 3.71. The van der Waals surface area contributed by atoms with E-state index >= 15 is 0 Å². The lowest BCUT2D eigenvalue weighted by Gasteiger charge is -2.26. The van der Waals surface area contributed by atoms with Crippen LogP contribution in [0.15, 0.2) is 255 Å². The molecule has 0 saturated heterocycles. The zero-order valence-corrected chi connectivity index (χ0v) is 35.1. The topological polar surface area (TPSA) is 8.17 Å². The van der Waals surface area contributed by atoms with E-state index in [1.807, 2.05) is 0 Å². The Balaban J connectivity index is 0.907. The quantitative estimate of drug-likeness (QED) is 0.148. The summed E-state index contributed by atoms with van der Waals surface area (Å²) in [5, 5.41) is 7.54. The van der Waals surface area contributed by atoms with Gasteiger partial charge in [0.25, 0.3) is 0 Å². The molecule has 2 nitrogen and oxygen atoms in total. The Hall–Kier alpha value is -8.46. The van der Waals surface area contributed by atoms with Gasteiger partial charge in [0.1, 0.15) is 0 Å². The molecule has 0 saturated carbocycles. The highest BCUT2D eigenvalue weighted by atomic mass is 15.1. The fraction of sp³-hybridized carbons (Fsp3) is 0. The Kier molecular flexibility index (Phi) is 9.20. The van der Waals surface area contributed by atoms with E-state index < -0.39 is 0 Å². The van der Waals surface area contributed by atoms with E-state index in [0.717, 1.165) is 22.7 Å². The van der Waals surface area contributed by atoms with Gasteiger partial charge in [0.05, 0.1) is 11.0 Å². The smallest absolute Gasteiger partial charge is 0.0541 e. The monoisotopic (exact) mass is 814 g/mol. The minimum atomic E-state index is 1.09. The molecule has 0 unspecified atom stereocenters. The molecule has 11 aromatic carbocycles. The van der Waals surface area contributed by atoms with Crippen molar-refractivity contribution in [1.29, 1.82) is 0 Å². The van der Waals surface area contributed by atoms with Gasteiger partial charge in [-0.3, -0.25) is 0 Å². The maximum atomic E-state index is 2.38. The molecule has 0 bridgehead atoms. The van der Waals surface area contributed by atoms with Gasteiger partial charge < -0.3 is 9.47 Å². The highest BCUT2D eigenvalue weighted by Gasteiger charge is 2.16. The zero-order valence-electron chi connectivity index (χ0n) is 35.1. The molecule has 0 fully saturated rings. The van der Waals surface area contributed by atoms with Gasteiger partial charge in [0.15, 0.2) is 0 Å². The molecule has 0 atom stereocenters. The molecule has 0 aliphatic heterocycles. The van der Waals surface area contributed by atoms with Gasteiger partial charge in [-0.05, 0) is 133 Å². The number of hydrogen-bond donors (Lipinski definition) is 0. The summed E-state index contributed by atoms with van der Waals surface area (Å²) in [6.45, 7) is 0. The maximum absolute atomic E-state index is 2.38. The molecule has 0 radical (unpaired) electrons. The Morgan fingerprint density at radius 2 is 0.719 bits per heavy atom. The molecule has 2 heteroatoms. The lowest BCUT2D eigenvalue weighted by molar-refractivity contribution is 1.18. The largest absolute Gasteiger partial charge is 0.310 e. The van der Waals surface area contributed by atoms with Crippen LogP contribution in [0, 0.1) is 0 Å². The van der Waals surface area contributed by atoms with E-state index in [9.17, 15) is 0 Å². The third kappa shape index (κ3) is 6.70. The lowest BCUT2D eigenvalue weighted by Crippen LogP contribution is -2.10. The van der Waals surface area contributed by atoms with E-state index in [-0.39, 0.29) is 0 Å². The summed E-state index contributed by atoms with van der Waals surface area (Å²) in [5.74, 6) is 0. The summed E-state index contributed by atoms with van der Waals surface area (Å²) in [5.41, 5.74) is 16.4. The second-order valence-corrected chi connectivity index (χ2v) is 16.6. The van der Waals surface area contributed by atoms with Gasteiger partial charge in [-0.1, -0.05) is 188 Å². The molecular weight excluding hydrogens is 773 g/mol. The van der Waals surface area contributed by atoms with E-state index in [0.29, 0.717) is 0 Å². The van der Waals surface area contributed by atoms with Crippen LogP contribution in [0.3, 0.4) is 0 Å². The lowest BCUT2D eigenvalue weighted by atomic mass is 9.96. The Bertz CT molecular complexity index is 3590. The number of anilines is 3. The first kappa shape index (κ1) is 37.3. The van der Waals surface area contributed by atoms with Crippen molar-refractivity contribution >= 4 is 60.4 Å². The fourth-order valence-corrected chi connectivity index (χ4v) is 9.59. The number of aromatic nitrogens is 1. The Morgan fingerprint density at radius 3 is 1.41 bits per heavy atom. The normalized spacial score (nSPS) is 11.4. The summed E-state index contributed by atoms with van der Waals surface area (Å²) in [4.78, 5) is 2.37. The second kappa shape index (κ2) is 15.8. The number of para-hydroxylation sites is 2. The molecule has 12 rings (SSSR count). The first-order valence-corrected chi connectivity index (χ1v) is 22.0. The van der Waals surface area contributed by atoms with Crippen molar-refractivity contribution in [2.45, 2.75) is 0 Å². The van der Waals surface area contributed by atoms with Crippen LogP contribution in [0.1, 0.15) is 0 Å². The highest BCUT2D eigenvalue weighted by Crippen LogP contribution is 2.40. The molecule has 0 N–H and O–H groups in total. The van der Waals surface area contributed by atoms with Gasteiger partial charge in [-0.15, -0.1) is 0 Å². The number of benzene rings is 11. The predicted molar refractivity (Wildman–Crippen MR) is 272 cm³/mol. The number of hydrogen-bond acceptors (Lipinski definition) is 1. The van der Waals surface area contributed by atoms with E-state index in [4.69, 9.17) is 0 Å². The van der Waals surface area contributed by atoms with Crippen molar-refractivity contribution in [3.8, 4) is 50.2 Å². The van der Waals surface area contributed by atoms with Gasteiger partial charge in [-0.2, -0.15) is 0 Å². The minimum Gasteiger partial charge on any atom is -0.310 e. The molecule has 1 heterocycles. The average molecular weight is 815 g/mol. The molecule has 12 aromatic rings. The van der Waals surface area contributed by atoms with Crippen LogP contribution < -0.4 is 4.90 Å². The fourth-order valence-electron chi connectivity index (χ4n) is 9.59. The van der Waals surface area contributed by atoms with Gasteiger partial charge in [-0.25, -0.2) is 0 Å². The SMILES string of the molecule is c1cc(-c2ccc3ccccc3c2)cc(N(c2ccc(-c3ccc(-c4cccc5ccccc45)cc3)cc2)c2ccc(-c3cccc(-n4c5ccccc5c5ccccc54)c3)cc2)c1. The van der Waals surface area contributed by atoms with Crippen LogP contribution in [0.2, 0.25) is 0 Å². The molecule has 1 aromatic heterocycles. The predicted octanol–water partition coefficient (Wildman–Crippen LogP) is 17.2. The van der Waals surface area contributed by atoms with Crippen molar-refractivity contribution in [3.63, 3.8) is 0 Å². The highest BCUT2D eigenvalue weighted by molar-refractivity contribution is 6.09. The zero-order chi connectivity index (χ0) is 42.4. The van der Waals surface area contributed by atoms with E-state index in [2.05, 4.69) is 264 Å². The van der Waals surface area contributed by atoms with Crippen molar-refractivity contribution < 1.29 is 0 Å². The van der Waals surface area contributed by atoms with Crippen LogP contribution >= 0.6 is 0 Å². The summed E-state index contributed by atoms with van der Waals surface area (Å²) in [7, 11) is 0. The van der Waals surface area contributed by atoms with Crippen LogP contribution in [0.25, 0.3) is 93.5 Å². The Morgan fingerprint density at radius 1 is 0.250 bits per heavy atom. The van der Waals surface area contributed by atoms with E-state index in [1.165, 1.54) is 87.9 Å². The Labute approximate surface area is 373 Å². The minimum absolute atomic E-state index is 1.09.